The topological polar surface area (TPSA) is 113 Å². The summed E-state index contributed by atoms with van der Waals surface area (Å²) in [5.41, 5.74) is 2.57. The summed E-state index contributed by atoms with van der Waals surface area (Å²) in [6.45, 7) is 8.65. The largest absolute Gasteiger partial charge is 0.493 e. The molecule has 1 amide bonds. The summed E-state index contributed by atoms with van der Waals surface area (Å²) < 4.78 is 11.7. The van der Waals surface area contributed by atoms with Crippen LogP contribution in [0.1, 0.15) is 68.5 Å². The van der Waals surface area contributed by atoms with Crippen LogP contribution < -0.4 is 4.74 Å². The van der Waals surface area contributed by atoms with E-state index in [-0.39, 0.29) is 13.0 Å². The predicted octanol–water partition coefficient (Wildman–Crippen LogP) is 4.72. The number of hydrogen-bond acceptors (Lipinski definition) is 6. The normalized spacial score (nSPS) is 16.5. The highest BCUT2D eigenvalue weighted by Crippen LogP contribution is 2.28. The number of aliphatic hydroxyl groups is 1. The number of rotatable bonds is 12. The number of carbonyl (C=O) groups is 2. The molecule has 2 atom stereocenters. The van der Waals surface area contributed by atoms with Gasteiger partial charge in [0.2, 0.25) is 11.8 Å². The molecule has 0 aliphatic carbocycles. The van der Waals surface area contributed by atoms with Crippen LogP contribution in [0.15, 0.2) is 40.8 Å². The van der Waals surface area contributed by atoms with Gasteiger partial charge in [0.25, 0.3) is 0 Å². The van der Waals surface area contributed by atoms with Gasteiger partial charge in [-0.15, -0.1) is 0 Å². The number of carbonyl (C=O) groups excluding carboxylic acids is 1. The highest BCUT2D eigenvalue weighted by atomic mass is 16.5. The third-order valence-electron chi connectivity index (χ3n) is 6.44. The minimum atomic E-state index is -1.05. The van der Waals surface area contributed by atoms with E-state index in [1.54, 1.807) is 6.92 Å². The Morgan fingerprint density at radius 3 is 2.78 bits per heavy atom. The molecule has 0 radical (unpaired) electrons. The second kappa shape index (κ2) is 13.2. The number of allylic oxidation sites excluding steroid dienone is 1. The van der Waals surface area contributed by atoms with Crippen molar-refractivity contribution in [3.05, 3.63) is 64.9 Å². The smallest absolute Gasteiger partial charge is 0.326 e. The molecule has 1 aromatic heterocycles. The predicted molar refractivity (Wildman–Crippen MR) is 141 cm³/mol. The minimum Gasteiger partial charge on any atom is -0.493 e. The van der Waals surface area contributed by atoms with E-state index in [9.17, 15) is 19.8 Å². The average Bonchev–Trinajstić information content (AvgIpc) is 3.22. The Labute approximate surface area is 218 Å². The zero-order chi connectivity index (χ0) is 26.9. The number of carboxylic acids is 1. The van der Waals surface area contributed by atoms with E-state index in [4.69, 9.17) is 9.15 Å². The second-order valence-corrected chi connectivity index (χ2v) is 9.82. The van der Waals surface area contributed by atoms with Gasteiger partial charge in [0, 0.05) is 25.5 Å². The number of aromatic nitrogens is 1. The number of benzene rings is 1. The first-order chi connectivity index (χ1) is 17.7. The molecular formula is C29H38N2O6. The van der Waals surface area contributed by atoms with Crippen LogP contribution in [-0.2, 0) is 29.0 Å². The molecule has 200 valence electrons. The first-order valence-corrected chi connectivity index (χ1v) is 12.9. The van der Waals surface area contributed by atoms with Gasteiger partial charge in [-0.25, -0.2) is 9.78 Å². The fourth-order valence-electron chi connectivity index (χ4n) is 4.16. The quantitative estimate of drug-likeness (QED) is 0.397. The number of oxazole rings is 1. The van der Waals surface area contributed by atoms with Gasteiger partial charge in [0.1, 0.15) is 17.6 Å². The second-order valence-electron chi connectivity index (χ2n) is 9.82. The molecular weight excluding hydrogens is 472 g/mol. The van der Waals surface area contributed by atoms with Crippen LogP contribution in [-0.4, -0.2) is 50.7 Å². The van der Waals surface area contributed by atoms with E-state index in [2.05, 4.69) is 24.9 Å². The Morgan fingerprint density at radius 2 is 2.08 bits per heavy atom. The van der Waals surface area contributed by atoms with E-state index < -0.39 is 24.0 Å². The lowest BCUT2D eigenvalue weighted by Gasteiger charge is -2.34. The van der Waals surface area contributed by atoms with Crippen LogP contribution in [0.5, 0.6) is 5.75 Å². The summed E-state index contributed by atoms with van der Waals surface area (Å²) in [6.07, 6.45) is 9.30. The van der Waals surface area contributed by atoms with Gasteiger partial charge in [-0.3, -0.25) is 4.79 Å². The van der Waals surface area contributed by atoms with Crippen LogP contribution in [0.2, 0.25) is 0 Å². The number of aliphatic hydroxyl groups excluding tert-OH is 1. The van der Waals surface area contributed by atoms with Crippen molar-refractivity contribution in [2.45, 2.75) is 78.5 Å². The standard InChI is InChI=1S/C29H38N2O6/c1-5-23(32)11-13-28(33)31-18-22-16-24(12-10-21(22)17-26(31)29(34)35)36-15-14-25-20(4)37-27(30-25)9-7-6-8-19(2)3/h7,9-13,16,19,23,26,32H,5-6,8,14-15,17-18H2,1-4H3,(H,34,35)/b9-7+,13-11+/t23?,26-/m0/s1. The molecule has 0 saturated heterocycles. The zero-order valence-corrected chi connectivity index (χ0v) is 22.1. The lowest BCUT2D eigenvalue weighted by atomic mass is 9.93. The third-order valence-corrected chi connectivity index (χ3v) is 6.44. The minimum absolute atomic E-state index is 0.157. The number of amides is 1. The maximum absolute atomic E-state index is 12.7. The SMILES string of the molecule is CCC(O)/C=C/C(=O)N1Cc2cc(OCCc3nc(/C=C/CCC(C)C)oc3C)ccc2C[C@H]1C(=O)O. The first kappa shape index (κ1) is 28.2. The number of carboxylic acid groups (broad SMARTS) is 1. The van der Waals surface area contributed by atoms with Crippen LogP contribution in [0.4, 0.5) is 0 Å². The Bertz CT molecular complexity index is 1130. The lowest BCUT2D eigenvalue weighted by molar-refractivity contribution is -0.149. The summed E-state index contributed by atoms with van der Waals surface area (Å²) in [6, 6.07) is 4.58. The van der Waals surface area contributed by atoms with E-state index in [0.717, 1.165) is 35.4 Å². The Kier molecular flexibility index (Phi) is 10.1. The average molecular weight is 511 g/mol. The van der Waals surface area contributed by atoms with Crippen LogP contribution in [0.25, 0.3) is 6.08 Å². The molecule has 1 aliphatic heterocycles. The summed E-state index contributed by atoms with van der Waals surface area (Å²) in [7, 11) is 0. The molecule has 2 aromatic rings. The fourth-order valence-corrected chi connectivity index (χ4v) is 4.16. The van der Waals surface area contributed by atoms with E-state index in [0.29, 0.717) is 37.0 Å². The summed E-state index contributed by atoms with van der Waals surface area (Å²) >= 11 is 0. The van der Waals surface area contributed by atoms with Crippen molar-refractivity contribution in [2.75, 3.05) is 6.61 Å². The Morgan fingerprint density at radius 1 is 1.30 bits per heavy atom. The summed E-state index contributed by atoms with van der Waals surface area (Å²) in [4.78, 5) is 30.4. The van der Waals surface area contributed by atoms with E-state index >= 15 is 0 Å². The molecule has 8 nitrogen and oxygen atoms in total. The molecule has 0 bridgehead atoms. The molecule has 1 aromatic carbocycles. The van der Waals surface area contributed by atoms with Crippen molar-refractivity contribution in [2.24, 2.45) is 5.92 Å². The molecule has 37 heavy (non-hydrogen) atoms. The monoisotopic (exact) mass is 510 g/mol. The van der Waals surface area contributed by atoms with Crippen molar-refractivity contribution in [3.8, 4) is 5.75 Å². The molecule has 0 fully saturated rings. The highest BCUT2D eigenvalue weighted by Gasteiger charge is 2.34. The fraction of sp³-hybridized carbons (Fsp3) is 0.483. The van der Waals surface area contributed by atoms with Gasteiger partial charge in [-0.2, -0.15) is 0 Å². The molecule has 1 unspecified atom stereocenters. The molecule has 3 rings (SSSR count). The van der Waals surface area contributed by atoms with Crippen molar-refractivity contribution in [3.63, 3.8) is 0 Å². The summed E-state index contributed by atoms with van der Waals surface area (Å²) in [5, 5.41) is 19.4. The van der Waals surface area contributed by atoms with Gasteiger partial charge in [-0.1, -0.05) is 39.0 Å². The summed E-state index contributed by atoms with van der Waals surface area (Å²) in [5.74, 6) is 1.18. The van der Waals surface area contributed by atoms with Gasteiger partial charge in [0.15, 0.2) is 0 Å². The van der Waals surface area contributed by atoms with Crippen molar-refractivity contribution in [1.29, 1.82) is 0 Å². The maximum atomic E-state index is 12.7. The van der Waals surface area contributed by atoms with Crippen LogP contribution >= 0.6 is 0 Å². The van der Waals surface area contributed by atoms with Crippen molar-refractivity contribution in [1.82, 2.24) is 9.88 Å². The molecule has 2 heterocycles. The molecule has 8 heteroatoms. The molecule has 2 N–H and O–H groups in total. The van der Waals surface area contributed by atoms with Crippen molar-refractivity contribution >= 4 is 18.0 Å². The molecule has 1 aliphatic rings. The third kappa shape index (κ3) is 8.05. The van der Waals surface area contributed by atoms with Gasteiger partial charge in [0.05, 0.1) is 18.4 Å². The molecule has 0 spiro atoms. The number of nitrogens with zero attached hydrogens (tertiary/aromatic N) is 2. The zero-order valence-electron chi connectivity index (χ0n) is 22.1. The first-order valence-electron chi connectivity index (χ1n) is 12.9. The van der Waals surface area contributed by atoms with Gasteiger partial charge < -0.3 is 24.3 Å². The number of fused-ring (bicyclic) bond motifs is 1. The maximum Gasteiger partial charge on any atom is 0.326 e. The van der Waals surface area contributed by atoms with Crippen LogP contribution in [0, 0.1) is 12.8 Å². The van der Waals surface area contributed by atoms with Gasteiger partial charge >= 0.3 is 5.97 Å². The van der Waals surface area contributed by atoms with Crippen molar-refractivity contribution < 1.29 is 29.0 Å². The lowest BCUT2D eigenvalue weighted by Crippen LogP contribution is -2.48. The van der Waals surface area contributed by atoms with Gasteiger partial charge in [-0.05, 0) is 61.4 Å². The Balaban J connectivity index is 1.62. The number of aliphatic carboxylic acids is 1. The Hall–Kier alpha value is -3.39. The number of hydrogen-bond donors (Lipinski definition) is 2. The molecule has 0 saturated carbocycles. The highest BCUT2D eigenvalue weighted by molar-refractivity contribution is 5.91. The number of ether oxygens (including phenoxy) is 1. The van der Waals surface area contributed by atoms with Crippen LogP contribution in [0.3, 0.4) is 0 Å². The number of aryl methyl sites for hydroxylation is 1. The van der Waals surface area contributed by atoms with E-state index in [1.165, 1.54) is 17.1 Å². The van der Waals surface area contributed by atoms with E-state index in [1.807, 2.05) is 31.2 Å².